The lowest BCUT2D eigenvalue weighted by molar-refractivity contribution is 0.151. The van der Waals surface area contributed by atoms with Gasteiger partial charge in [-0.3, -0.25) is 0 Å². The molecular formula is C8H17NOS. The number of aliphatic hydroxyl groups excluding tert-OH is 1. The molecule has 2 atom stereocenters. The summed E-state index contributed by atoms with van der Waals surface area (Å²) < 4.78 is 0. The normalized spacial score (nSPS) is 28.4. The van der Waals surface area contributed by atoms with Gasteiger partial charge in [-0.25, -0.2) is 0 Å². The van der Waals surface area contributed by atoms with E-state index in [0.717, 1.165) is 6.42 Å². The molecule has 0 amide bonds. The predicted molar refractivity (Wildman–Crippen MR) is 49.7 cm³/mol. The fourth-order valence-corrected chi connectivity index (χ4v) is 2.65. The van der Waals surface area contributed by atoms with Gasteiger partial charge >= 0.3 is 0 Å². The third kappa shape index (κ3) is 3.45. The van der Waals surface area contributed by atoms with Crippen molar-refractivity contribution in [3.05, 3.63) is 0 Å². The molecule has 1 saturated heterocycles. The van der Waals surface area contributed by atoms with Gasteiger partial charge in [0.05, 0.1) is 6.10 Å². The molecule has 2 nitrogen and oxygen atoms in total. The summed E-state index contributed by atoms with van der Waals surface area (Å²) in [5.41, 5.74) is 5.33. The maximum atomic E-state index is 9.28. The lowest BCUT2D eigenvalue weighted by Gasteiger charge is -2.22. The van der Waals surface area contributed by atoms with Gasteiger partial charge in [0.25, 0.3) is 0 Å². The summed E-state index contributed by atoms with van der Waals surface area (Å²) in [6, 6.07) is 0. The molecule has 0 aromatic heterocycles. The first-order valence-corrected chi connectivity index (χ1v) is 5.44. The smallest absolute Gasteiger partial charge is 0.0665 e. The Balaban J connectivity index is 2.13. The second kappa shape index (κ2) is 5.01. The highest BCUT2D eigenvalue weighted by Crippen LogP contribution is 2.25. The quantitative estimate of drug-likeness (QED) is 0.668. The zero-order valence-electron chi connectivity index (χ0n) is 6.83. The van der Waals surface area contributed by atoms with E-state index in [-0.39, 0.29) is 6.10 Å². The summed E-state index contributed by atoms with van der Waals surface area (Å²) in [6.45, 7) is 0.418. The second-order valence-corrected chi connectivity index (χ2v) is 4.36. The van der Waals surface area contributed by atoms with Crippen molar-refractivity contribution in [1.29, 1.82) is 0 Å². The average Bonchev–Trinajstić information content (AvgIpc) is 2.06. The Morgan fingerprint density at radius 1 is 1.64 bits per heavy atom. The van der Waals surface area contributed by atoms with E-state index in [0.29, 0.717) is 12.5 Å². The molecule has 0 bridgehead atoms. The Labute approximate surface area is 72.5 Å². The molecule has 3 N–H and O–H groups in total. The molecule has 1 rings (SSSR count). The molecule has 66 valence electrons. The fourth-order valence-electron chi connectivity index (χ4n) is 1.47. The monoisotopic (exact) mass is 175 g/mol. The number of rotatable bonds is 3. The number of hydrogen-bond donors (Lipinski definition) is 2. The summed E-state index contributed by atoms with van der Waals surface area (Å²) >= 11 is 2.00. The van der Waals surface area contributed by atoms with Crippen molar-refractivity contribution in [2.45, 2.75) is 25.4 Å². The SMILES string of the molecule is NCC(O)CC1CCCSC1. The van der Waals surface area contributed by atoms with E-state index in [4.69, 9.17) is 5.73 Å². The van der Waals surface area contributed by atoms with E-state index in [1.807, 2.05) is 11.8 Å². The van der Waals surface area contributed by atoms with Gasteiger partial charge in [0.15, 0.2) is 0 Å². The first kappa shape index (κ1) is 9.36. The standard InChI is InChI=1S/C8H17NOS/c9-5-8(10)4-7-2-1-3-11-6-7/h7-8,10H,1-6,9H2. The summed E-state index contributed by atoms with van der Waals surface area (Å²) in [6.07, 6.45) is 3.24. The van der Waals surface area contributed by atoms with Crippen LogP contribution in [0.2, 0.25) is 0 Å². The number of nitrogens with two attached hydrogens (primary N) is 1. The molecule has 1 aliphatic rings. The molecule has 0 saturated carbocycles. The minimum atomic E-state index is -0.265. The van der Waals surface area contributed by atoms with Gasteiger partial charge in [0, 0.05) is 6.54 Å². The lowest BCUT2D eigenvalue weighted by Crippen LogP contribution is -2.25. The molecular weight excluding hydrogens is 158 g/mol. The average molecular weight is 175 g/mol. The third-order valence-electron chi connectivity index (χ3n) is 2.13. The molecule has 0 aromatic carbocycles. The molecule has 3 heteroatoms. The van der Waals surface area contributed by atoms with Crippen molar-refractivity contribution in [2.75, 3.05) is 18.1 Å². The Bertz CT molecular complexity index is 104. The van der Waals surface area contributed by atoms with E-state index < -0.39 is 0 Å². The van der Waals surface area contributed by atoms with Crippen LogP contribution >= 0.6 is 11.8 Å². The van der Waals surface area contributed by atoms with Crippen molar-refractivity contribution < 1.29 is 5.11 Å². The van der Waals surface area contributed by atoms with E-state index in [9.17, 15) is 5.11 Å². The molecule has 11 heavy (non-hydrogen) atoms. The first-order valence-electron chi connectivity index (χ1n) is 4.29. The van der Waals surface area contributed by atoms with E-state index >= 15 is 0 Å². The number of thioether (sulfide) groups is 1. The molecule has 1 fully saturated rings. The minimum Gasteiger partial charge on any atom is -0.392 e. The van der Waals surface area contributed by atoms with Crippen LogP contribution in [-0.4, -0.2) is 29.3 Å². The van der Waals surface area contributed by atoms with Crippen molar-refractivity contribution >= 4 is 11.8 Å². The van der Waals surface area contributed by atoms with Gasteiger partial charge in [0.2, 0.25) is 0 Å². The second-order valence-electron chi connectivity index (χ2n) is 3.21. The van der Waals surface area contributed by atoms with Gasteiger partial charge < -0.3 is 10.8 Å². The minimum absolute atomic E-state index is 0.265. The Morgan fingerprint density at radius 3 is 3.00 bits per heavy atom. The van der Waals surface area contributed by atoms with Gasteiger partial charge in [-0.1, -0.05) is 0 Å². The van der Waals surface area contributed by atoms with E-state index in [1.165, 1.54) is 24.3 Å². The highest BCUT2D eigenvalue weighted by atomic mass is 32.2. The van der Waals surface area contributed by atoms with Crippen molar-refractivity contribution in [3.63, 3.8) is 0 Å². The van der Waals surface area contributed by atoms with Crippen LogP contribution in [0.15, 0.2) is 0 Å². The Kier molecular flexibility index (Phi) is 4.26. The Hall–Kier alpha value is 0.270. The highest BCUT2D eigenvalue weighted by Gasteiger charge is 2.16. The van der Waals surface area contributed by atoms with Crippen LogP contribution in [0.3, 0.4) is 0 Å². The number of hydrogen-bond acceptors (Lipinski definition) is 3. The predicted octanol–water partition coefficient (Wildman–Crippen LogP) is 0.839. The highest BCUT2D eigenvalue weighted by molar-refractivity contribution is 7.99. The van der Waals surface area contributed by atoms with Crippen LogP contribution in [0.25, 0.3) is 0 Å². The van der Waals surface area contributed by atoms with Gasteiger partial charge in [0.1, 0.15) is 0 Å². The molecule has 0 radical (unpaired) electrons. The molecule has 2 unspecified atom stereocenters. The van der Waals surface area contributed by atoms with Crippen molar-refractivity contribution in [1.82, 2.24) is 0 Å². The molecule has 1 aliphatic heterocycles. The van der Waals surface area contributed by atoms with E-state index in [2.05, 4.69) is 0 Å². The van der Waals surface area contributed by atoms with Gasteiger partial charge in [-0.2, -0.15) is 11.8 Å². The third-order valence-corrected chi connectivity index (χ3v) is 3.42. The zero-order valence-corrected chi connectivity index (χ0v) is 7.65. The maximum absolute atomic E-state index is 9.28. The van der Waals surface area contributed by atoms with E-state index in [1.54, 1.807) is 0 Å². The molecule has 1 heterocycles. The molecule has 0 aromatic rings. The van der Waals surface area contributed by atoms with Crippen molar-refractivity contribution in [3.8, 4) is 0 Å². The van der Waals surface area contributed by atoms with Crippen molar-refractivity contribution in [2.24, 2.45) is 11.7 Å². The van der Waals surface area contributed by atoms with Gasteiger partial charge in [-0.05, 0) is 36.7 Å². The molecule has 0 spiro atoms. The van der Waals surface area contributed by atoms with Gasteiger partial charge in [-0.15, -0.1) is 0 Å². The largest absolute Gasteiger partial charge is 0.392 e. The van der Waals surface area contributed by atoms with Crippen LogP contribution < -0.4 is 5.73 Å². The van der Waals surface area contributed by atoms with Crippen LogP contribution in [0.1, 0.15) is 19.3 Å². The van der Waals surface area contributed by atoms with Crippen LogP contribution in [0.5, 0.6) is 0 Å². The summed E-state index contributed by atoms with van der Waals surface area (Å²) in [5, 5.41) is 9.28. The first-order chi connectivity index (χ1) is 5.33. The topological polar surface area (TPSA) is 46.2 Å². The summed E-state index contributed by atoms with van der Waals surface area (Å²) in [4.78, 5) is 0. The lowest BCUT2D eigenvalue weighted by atomic mass is 9.98. The fraction of sp³-hybridized carbons (Fsp3) is 1.00. The summed E-state index contributed by atoms with van der Waals surface area (Å²) in [5.74, 6) is 3.24. The maximum Gasteiger partial charge on any atom is 0.0665 e. The van der Waals surface area contributed by atoms with Crippen LogP contribution in [0.4, 0.5) is 0 Å². The van der Waals surface area contributed by atoms with Crippen LogP contribution in [-0.2, 0) is 0 Å². The molecule has 0 aliphatic carbocycles. The zero-order chi connectivity index (χ0) is 8.10. The summed E-state index contributed by atoms with van der Waals surface area (Å²) in [7, 11) is 0. The number of aliphatic hydroxyl groups is 1. The Morgan fingerprint density at radius 2 is 2.45 bits per heavy atom. The van der Waals surface area contributed by atoms with Crippen LogP contribution in [0, 0.1) is 5.92 Å².